The molecule has 2 heterocycles. The van der Waals surface area contributed by atoms with E-state index in [4.69, 9.17) is 0 Å². The van der Waals surface area contributed by atoms with Gasteiger partial charge in [0.2, 0.25) is 5.91 Å². The first-order valence-electron chi connectivity index (χ1n) is 9.94. The molecule has 0 atom stereocenters. The van der Waals surface area contributed by atoms with Crippen LogP contribution in [0.3, 0.4) is 0 Å². The number of anilines is 1. The van der Waals surface area contributed by atoms with Crippen LogP contribution in [-0.2, 0) is 17.8 Å². The third-order valence-electron chi connectivity index (χ3n) is 5.36. The molecular weight excluding hydrogens is 396 g/mol. The van der Waals surface area contributed by atoms with Crippen LogP contribution in [0.4, 0.5) is 14.5 Å². The van der Waals surface area contributed by atoms with Gasteiger partial charge in [-0.25, -0.2) is 8.78 Å². The van der Waals surface area contributed by atoms with E-state index in [1.165, 1.54) is 11.0 Å². The molecule has 156 valence electrons. The average Bonchev–Trinajstić information content (AvgIpc) is 2.76. The lowest BCUT2D eigenvalue weighted by atomic mass is 9.99. The molecule has 0 radical (unpaired) electrons. The number of hydrogen-bond donors (Lipinski definition) is 0. The maximum atomic E-state index is 14.6. The molecule has 2 aromatic heterocycles. The summed E-state index contributed by atoms with van der Waals surface area (Å²) in [7, 11) is 0. The second-order valence-corrected chi connectivity index (χ2v) is 7.39. The molecule has 31 heavy (non-hydrogen) atoms. The molecule has 0 saturated carbocycles. The van der Waals surface area contributed by atoms with Crippen molar-refractivity contribution in [1.29, 1.82) is 0 Å². The summed E-state index contributed by atoms with van der Waals surface area (Å²) >= 11 is 0. The summed E-state index contributed by atoms with van der Waals surface area (Å²) in [6.45, 7) is 3.89. The number of amides is 1. The molecule has 0 aliphatic rings. The van der Waals surface area contributed by atoms with Crippen LogP contribution < -0.4 is 4.90 Å². The van der Waals surface area contributed by atoms with Gasteiger partial charge in [0.15, 0.2) is 0 Å². The minimum atomic E-state index is -0.797. The highest BCUT2D eigenvalue weighted by Gasteiger charge is 2.23. The molecule has 2 aromatic carbocycles. The fourth-order valence-corrected chi connectivity index (χ4v) is 3.74. The number of rotatable bonds is 5. The highest BCUT2D eigenvalue weighted by Crippen LogP contribution is 2.26. The Morgan fingerprint density at radius 2 is 1.77 bits per heavy atom. The predicted octanol–water partition coefficient (Wildman–Crippen LogP) is 5.30. The first-order chi connectivity index (χ1) is 14.9. The van der Waals surface area contributed by atoms with Crippen molar-refractivity contribution in [2.75, 3.05) is 4.90 Å². The number of nitrogens with zero attached hydrogens (tertiary/aromatic N) is 3. The fraction of sp³-hybridized carbons (Fsp3) is 0.160. The van der Waals surface area contributed by atoms with Gasteiger partial charge in [0.1, 0.15) is 11.6 Å². The van der Waals surface area contributed by atoms with Gasteiger partial charge in [0, 0.05) is 23.3 Å². The third-order valence-corrected chi connectivity index (χ3v) is 5.36. The molecule has 4 aromatic rings. The largest absolute Gasteiger partial charge is 0.303 e. The van der Waals surface area contributed by atoms with Crippen molar-refractivity contribution in [2.24, 2.45) is 0 Å². The maximum Gasteiger partial charge on any atom is 0.231 e. The van der Waals surface area contributed by atoms with Crippen LogP contribution in [0.25, 0.3) is 10.9 Å². The van der Waals surface area contributed by atoms with E-state index in [-0.39, 0.29) is 24.6 Å². The smallest absolute Gasteiger partial charge is 0.231 e. The van der Waals surface area contributed by atoms with Crippen LogP contribution in [-0.4, -0.2) is 15.9 Å². The molecule has 0 N–H and O–H groups in total. The van der Waals surface area contributed by atoms with Crippen molar-refractivity contribution in [3.8, 4) is 0 Å². The maximum absolute atomic E-state index is 14.6. The van der Waals surface area contributed by atoms with Crippen molar-refractivity contribution in [3.63, 3.8) is 0 Å². The van der Waals surface area contributed by atoms with E-state index in [1.807, 2.05) is 38.1 Å². The number of carbonyl (C=O) groups excluding carboxylic acids is 1. The van der Waals surface area contributed by atoms with E-state index in [2.05, 4.69) is 9.97 Å². The highest BCUT2D eigenvalue weighted by molar-refractivity contribution is 5.96. The summed E-state index contributed by atoms with van der Waals surface area (Å²) in [4.78, 5) is 23.6. The van der Waals surface area contributed by atoms with Gasteiger partial charge in [-0.2, -0.15) is 0 Å². The van der Waals surface area contributed by atoms with Crippen molar-refractivity contribution >= 4 is 22.5 Å². The first kappa shape index (κ1) is 20.6. The molecule has 4 nitrogen and oxygen atoms in total. The zero-order valence-electron chi connectivity index (χ0n) is 17.3. The van der Waals surface area contributed by atoms with Crippen molar-refractivity contribution in [2.45, 2.75) is 26.8 Å². The lowest BCUT2D eigenvalue weighted by Crippen LogP contribution is -2.33. The van der Waals surface area contributed by atoms with Gasteiger partial charge >= 0.3 is 0 Å². The summed E-state index contributed by atoms with van der Waals surface area (Å²) in [5.41, 5.74) is 4.00. The molecule has 0 fully saturated rings. The molecule has 0 aliphatic heterocycles. The number of fused-ring (bicyclic) bond motifs is 1. The van der Waals surface area contributed by atoms with E-state index < -0.39 is 11.6 Å². The molecule has 0 unspecified atom stereocenters. The number of para-hydroxylation sites is 1. The van der Waals surface area contributed by atoms with E-state index in [9.17, 15) is 13.6 Å². The zero-order chi connectivity index (χ0) is 22.0. The monoisotopic (exact) mass is 417 g/mol. The van der Waals surface area contributed by atoms with Crippen LogP contribution in [0.1, 0.15) is 22.5 Å². The molecule has 1 amide bonds. The second kappa shape index (κ2) is 8.60. The Kier molecular flexibility index (Phi) is 5.71. The van der Waals surface area contributed by atoms with Gasteiger partial charge in [-0.15, -0.1) is 0 Å². The van der Waals surface area contributed by atoms with Crippen LogP contribution in [0.2, 0.25) is 0 Å². The molecule has 0 saturated heterocycles. The number of carbonyl (C=O) groups is 1. The summed E-state index contributed by atoms with van der Waals surface area (Å²) in [6, 6.07) is 16.3. The topological polar surface area (TPSA) is 46.1 Å². The molecule has 4 rings (SSSR count). The number of benzene rings is 2. The van der Waals surface area contributed by atoms with E-state index in [0.717, 1.165) is 39.9 Å². The standard InChI is InChI=1S/C25H21F2N3O/c1-16-20-8-3-4-9-23(20)29-17(2)21(16)14-25(31)30(15-19-7-5-6-12-28-19)24-11-10-18(26)13-22(24)27/h3-13H,14-15H2,1-2H3. The SMILES string of the molecule is Cc1nc2ccccc2c(C)c1CC(=O)N(Cc1ccccn1)c1ccc(F)cc1F. The van der Waals surface area contributed by atoms with Gasteiger partial charge < -0.3 is 4.90 Å². The van der Waals surface area contributed by atoms with Crippen LogP contribution in [0.15, 0.2) is 66.9 Å². The molecular formula is C25H21F2N3O. The molecule has 0 bridgehead atoms. The summed E-state index contributed by atoms with van der Waals surface area (Å²) in [5, 5.41) is 0.972. The van der Waals surface area contributed by atoms with E-state index in [1.54, 1.807) is 24.4 Å². The van der Waals surface area contributed by atoms with E-state index >= 15 is 0 Å². The van der Waals surface area contributed by atoms with Gasteiger partial charge in [-0.1, -0.05) is 24.3 Å². The second-order valence-electron chi connectivity index (χ2n) is 7.39. The number of aromatic nitrogens is 2. The Bertz CT molecular complexity index is 1260. The van der Waals surface area contributed by atoms with Gasteiger partial charge in [0.05, 0.1) is 29.9 Å². The average molecular weight is 417 g/mol. The number of aryl methyl sites for hydroxylation is 2. The van der Waals surface area contributed by atoms with Crippen LogP contribution >= 0.6 is 0 Å². The minimum absolute atomic E-state index is 0.0149. The molecule has 6 heteroatoms. The van der Waals surface area contributed by atoms with Crippen molar-refractivity contribution in [1.82, 2.24) is 9.97 Å². The Balaban J connectivity index is 1.73. The Hall–Kier alpha value is -3.67. The Labute approximate surface area is 179 Å². The van der Waals surface area contributed by atoms with Crippen molar-refractivity contribution < 1.29 is 13.6 Å². The third kappa shape index (κ3) is 4.28. The normalized spacial score (nSPS) is 11.0. The Morgan fingerprint density at radius 3 is 2.52 bits per heavy atom. The van der Waals surface area contributed by atoms with Gasteiger partial charge in [-0.05, 0) is 55.3 Å². The summed E-state index contributed by atoms with van der Waals surface area (Å²) < 4.78 is 28.1. The van der Waals surface area contributed by atoms with Gasteiger partial charge in [-0.3, -0.25) is 14.8 Å². The lowest BCUT2D eigenvalue weighted by molar-refractivity contribution is -0.118. The summed E-state index contributed by atoms with van der Waals surface area (Å²) in [5.74, 6) is -1.81. The fourth-order valence-electron chi connectivity index (χ4n) is 3.74. The lowest BCUT2D eigenvalue weighted by Gasteiger charge is -2.24. The number of hydrogen-bond acceptors (Lipinski definition) is 3. The molecule has 0 spiro atoms. The molecule has 0 aliphatic carbocycles. The van der Waals surface area contributed by atoms with Gasteiger partial charge in [0.25, 0.3) is 0 Å². The Morgan fingerprint density at radius 1 is 1.00 bits per heavy atom. The van der Waals surface area contributed by atoms with Crippen LogP contribution in [0.5, 0.6) is 0 Å². The summed E-state index contributed by atoms with van der Waals surface area (Å²) in [6.07, 6.45) is 1.65. The quantitative estimate of drug-likeness (QED) is 0.443. The number of pyridine rings is 2. The van der Waals surface area contributed by atoms with Crippen molar-refractivity contribution in [3.05, 3.63) is 101 Å². The van der Waals surface area contributed by atoms with E-state index in [0.29, 0.717) is 5.69 Å². The van der Waals surface area contributed by atoms with Crippen LogP contribution in [0, 0.1) is 25.5 Å². The number of halogens is 2. The first-order valence-corrected chi connectivity index (χ1v) is 9.94. The minimum Gasteiger partial charge on any atom is -0.303 e. The highest BCUT2D eigenvalue weighted by atomic mass is 19.1. The zero-order valence-corrected chi connectivity index (χ0v) is 17.3. The predicted molar refractivity (Wildman–Crippen MR) is 117 cm³/mol.